The lowest BCUT2D eigenvalue weighted by Crippen LogP contribution is -2.40. The number of ether oxygens (including phenoxy) is 2. The summed E-state index contributed by atoms with van der Waals surface area (Å²) >= 11 is 10.9. The number of aryl methyl sites for hydroxylation is 1. The van der Waals surface area contributed by atoms with Gasteiger partial charge in [-0.05, 0) is 75.7 Å². The largest absolute Gasteiger partial charge is 0.496 e. The van der Waals surface area contributed by atoms with E-state index >= 15 is 0 Å². The SMILES string of the molecule is COc1ccc(Br)cc1[C@H]1C(C(=O)OC(C)C)=C(C)N=c2s/c(=C\c3ccc(-c4cc(Cl)ccc4C)o3)c(=O)n21. The molecule has 4 aromatic rings. The number of hydrogen-bond donors (Lipinski definition) is 0. The van der Waals surface area contributed by atoms with E-state index in [0.29, 0.717) is 42.9 Å². The number of hydrogen-bond acceptors (Lipinski definition) is 7. The zero-order chi connectivity index (χ0) is 28.7. The van der Waals surface area contributed by atoms with Crippen LogP contribution in [0, 0.1) is 6.92 Å². The van der Waals surface area contributed by atoms with E-state index in [1.165, 1.54) is 15.9 Å². The van der Waals surface area contributed by atoms with Crippen LogP contribution in [-0.4, -0.2) is 23.8 Å². The minimum Gasteiger partial charge on any atom is -0.496 e. The summed E-state index contributed by atoms with van der Waals surface area (Å²) in [6.07, 6.45) is 1.34. The highest BCUT2D eigenvalue weighted by molar-refractivity contribution is 9.10. The first kappa shape index (κ1) is 28.1. The Morgan fingerprint density at radius 1 is 1.18 bits per heavy atom. The van der Waals surface area contributed by atoms with Crippen molar-refractivity contribution in [1.82, 2.24) is 4.57 Å². The van der Waals surface area contributed by atoms with Crippen LogP contribution in [0.4, 0.5) is 0 Å². The molecule has 3 heterocycles. The summed E-state index contributed by atoms with van der Waals surface area (Å²) < 4.78 is 20.0. The Balaban J connectivity index is 1.68. The van der Waals surface area contributed by atoms with Crippen LogP contribution in [0.1, 0.15) is 43.7 Å². The van der Waals surface area contributed by atoms with E-state index in [9.17, 15) is 9.59 Å². The number of fused-ring (bicyclic) bond motifs is 1. The maximum absolute atomic E-state index is 14.0. The molecular weight excluding hydrogens is 616 g/mol. The van der Waals surface area contributed by atoms with Crippen molar-refractivity contribution in [3.8, 4) is 17.1 Å². The van der Waals surface area contributed by atoms with E-state index in [0.717, 1.165) is 15.6 Å². The number of esters is 1. The van der Waals surface area contributed by atoms with Gasteiger partial charge in [0.1, 0.15) is 23.3 Å². The van der Waals surface area contributed by atoms with Crippen LogP contribution in [0.5, 0.6) is 5.75 Å². The fourth-order valence-electron chi connectivity index (χ4n) is 4.64. The van der Waals surface area contributed by atoms with Crippen molar-refractivity contribution in [3.05, 3.63) is 106 Å². The van der Waals surface area contributed by atoms with Crippen LogP contribution in [0.2, 0.25) is 5.02 Å². The van der Waals surface area contributed by atoms with Crippen molar-refractivity contribution in [1.29, 1.82) is 0 Å². The molecule has 206 valence electrons. The van der Waals surface area contributed by atoms with E-state index in [-0.39, 0.29) is 17.2 Å². The summed E-state index contributed by atoms with van der Waals surface area (Å²) in [5, 5.41) is 0.608. The average Bonchev–Trinajstić information content (AvgIpc) is 3.48. The van der Waals surface area contributed by atoms with Crippen LogP contribution in [0.25, 0.3) is 17.4 Å². The van der Waals surface area contributed by atoms with Gasteiger partial charge in [-0.2, -0.15) is 0 Å². The zero-order valence-corrected chi connectivity index (χ0v) is 25.6. The van der Waals surface area contributed by atoms with Gasteiger partial charge in [-0.3, -0.25) is 9.36 Å². The van der Waals surface area contributed by atoms with Crippen LogP contribution >= 0.6 is 38.9 Å². The maximum atomic E-state index is 14.0. The first-order chi connectivity index (χ1) is 19.1. The summed E-state index contributed by atoms with van der Waals surface area (Å²) in [6.45, 7) is 7.28. The highest BCUT2D eigenvalue weighted by Gasteiger charge is 2.35. The summed E-state index contributed by atoms with van der Waals surface area (Å²) in [5.74, 6) is 1.14. The van der Waals surface area contributed by atoms with E-state index in [4.69, 9.17) is 25.5 Å². The Labute approximate surface area is 248 Å². The molecular formula is C30H26BrClN2O5S. The van der Waals surface area contributed by atoms with Gasteiger partial charge in [0.15, 0.2) is 4.80 Å². The van der Waals surface area contributed by atoms with Gasteiger partial charge in [0, 0.05) is 26.7 Å². The Kier molecular flexibility index (Phi) is 7.90. The van der Waals surface area contributed by atoms with Crippen LogP contribution in [0.3, 0.4) is 0 Å². The predicted octanol–water partition coefficient (Wildman–Crippen LogP) is 6.18. The lowest BCUT2D eigenvalue weighted by atomic mass is 9.95. The second-order valence-corrected chi connectivity index (χ2v) is 11.9. The minimum absolute atomic E-state index is 0.278. The molecule has 0 fully saturated rings. The van der Waals surface area contributed by atoms with Gasteiger partial charge in [-0.25, -0.2) is 9.79 Å². The standard InChI is InChI=1S/C30H26BrClN2O5S/c1-15(2)38-29(36)26-17(4)33-30-34(27(26)22-12-18(31)7-10-23(22)37-5)28(35)25(40-30)14-20-9-11-24(39-20)21-13-19(32)8-6-16(21)3/h6-15,27H,1-5H3/b25-14-/t27-/m0/s1. The lowest BCUT2D eigenvalue weighted by Gasteiger charge is -2.26. The fraction of sp³-hybridized carbons (Fsp3) is 0.233. The number of rotatable bonds is 6. The van der Waals surface area contributed by atoms with Gasteiger partial charge in [0.05, 0.1) is 29.0 Å². The molecule has 0 saturated carbocycles. The molecule has 0 N–H and O–H groups in total. The van der Waals surface area contributed by atoms with E-state index in [2.05, 4.69) is 20.9 Å². The van der Waals surface area contributed by atoms with E-state index < -0.39 is 12.0 Å². The smallest absolute Gasteiger partial charge is 0.338 e. The third-order valence-electron chi connectivity index (χ3n) is 6.44. The van der Waals surface area contributed by atoms with Gasteiger partial charge in [0.2, 0.25) is 0 Å². The predicted molar refractivity (Wildman–Crippen MR) is 160 cm³/mol. The number of thiazole rings is 1. The van der Waals surface area contributed by atoms with Gasteiger partial charge >= 0.3 is 5.97 Å². The van der Waals surface area contributed by atoms with Gasteiger partial charge in [-0.15, -0.1) is 0 Å². The van der Waals surface area contributed by atoms with Crippen molar-refractivity contribution >= 4 is 50.9 Å². The summed E-state index contributed by atoms with van der Waals surface area (Å²) in [5.41, 5.74) is 2.97. The van der Waals surface area contributed by atoms with Gasteiger partial charge in [-0.1, -0.05) is 44.9 Å². The normalized spacial score (nSPS) is 15.3. The third kappa shape index (κ3) is 5.33. The van der Waals surface area contributed by atoms with Crippen molar-refractivity contribution in [2.45, 2.75) is 39.8 Å². The molecule has 0 bridgehead atoms. The molecule has 1 aliphatic rings. The summed E-state index contributed by atoms with van der Waals surface area (Å²) in [6, 6.07) is 13.9. The summed E-state index contributed by atoms with van der Waals surface area (Å²) in [4.78, 5) is 32.4. The highest BCUT2D eigenvalue weighted by Crippen LogP contribution is 2.37. The van der Waals surface area contributed by atoms with Gasteiger partial charge in [0.25, 0.3) is 5.56 Å². The number of allylic oxidation sites excluding steroid dienone is 1. The maximum Gasteiger partial charge on any atom is 0.338 e. The molecule has 0 saturated heterocycles. The fourth-order valence-corrected chi connectivity index (χ4v) is 6.21. The molecule has 7 nitrogen and oxygen atoms in total. The van der Waals surface area contributed by atoms with Crippen LogP contribution < -0.4 is 19.6 Å². The number of furan rings is 1. The van der Waals surface area contributed by atoms with Crippen molar-refractivity contribution in [2.75, 3.05) is 7.11 Å². The molecule has 1 aliphatic heterocycles. The molecule has 0 unspecified atom stereocenters. The Hall–Kier alpha value is -3.40. The zero-order valence-electron chi connectivity index (χ0n) is 22.5. The number of nitrogens with zero attached hydrogens (tertiary/aromatic N) is 2. The van der Waals surface area contributed by atoms with Gasteiger partial charge < -0.3 is 13.9 Å². The second-order valence-electron chi connectivity index (χ2n) is 9.58. The number of halogens is 2. The molecule has 2 aromatic carbocycles. The Bertz CT molecular complexity index is 1850. The number of carbonyl (C=O) groups is 1. The van der Waals surface area contributed by atoms with E-state index in [1.807, 2.05) is 43.3 Å². The van der Waals surface area contributed by atoms with Crippen LogP contribution in [-0.2, 0) is 9.53 Å². The Morgan fingerprint density at radius 3 is 2.67 bits per heavy atom. The Morgan fingerprint density at radius 2 is 1.95 bits per heavy atom. The number of benzene rings is 2. The van der Waals surface area contributed by atoms with Crippen LogP contribution in [0.15, 0.2) is 78.5 Å². The van der Waals surface area contributed by atoms with Crippen molar-refractivity contribution < 1.29 is 18.7 Å². The first-order valence-electron chi connectivity index (χ1n) is 12.5. The highest BCUT2D eigenvalue weighted by atomic mass is 79.9. The summed E-state index contributed by atoms with van der Waals surface area (Å²) in [7, 11) is 1.55. The monoisotopic (exact) mass is 640 g/mol. The first-order valence-corrected chi connectivity index (χ1v) is 14.5. The minimum atomic E-state index is -0.807. The van der Waals surface area contributed by atoms with E-state index in [1.54, 1.807) is 46.1 Å². The molecule has 5 rings (SSSR count). The molecule has 1 atom stereocenters. The second kappa shape index (κ2) is 11.2. The number of carbonyl (C=O) groups excluding carboxylic acids is 1. The number of methoxy groups -OCH3 is 1. The lowest BCUT2D eigenvalue weighted by molar-refractivity contribution is -0.143. The molecule has 2 aromatic heterocycles. The molecule has 0 spiro atoms. The quantitative estimate of drug-likeness (QED) is 0.235. The average molecular weight is 642 g/mol. The van der Waals surface area contributed by atoms with Crippen molar-refractivity contribution in [3.63, 3.8) is 0 Å². The molecule has 10 heteroatoms. The van der Waals surface area contributed by atoms with Crippen molar-refractivity contribution in [2.24, 2.45) is 4.99 Å². The number of aromatic nitrogens is 1. The molecule has 40 heavy (non-hydrogen) atoms. The molecule has 0 radical (unpaired) electrons. The third-order valence-corrected chi connectivity index (χ3v) is 8.15. The molecule has 0 aliphatic carbocycles. The molecule has 0 amide bonds. The topological polar surface area (TPSA) is 83.0 Å².